The van der Waals surface area contributed by atoms with Crippen molar-refractivity contribution < 1.29 is 4.74 Å². The number of ether oxygens (including phenoxy) is 1. The van der Waals surface area contributed by atoms with Crippen LogP contribution in [0, 0.1) is 5.92 Å². The highest BCUT2D eigenvalue weighted by atomic mass is 16.5. The molecule has 0 heterocycles. The maximum absolute atomic E-state index is 5.99. The van der Waals surface area contributed by atoms with Gasteiger partial charge in [-0.15, -0.1) is 0 Å². The zero-order chi connectivity index (χ0) is 11.1. The van der Waals surface area contributed by atoms with Gasteiger partial charge in [0.1, 0.15) is 0 Å². The molecule has 3 atom stereocenters. The lowest BCUT2D eigenvalue weighted by Crippen LogP contribution is -2.42. The fourth-order valence-electron chi connectivity index (χ4n) is 2.39. The molecule has 15 heavy (non-hydrogen) atoms. The van der Waals surface area contributed by atoms with Crippen LogP contribution in [-0.2, 0) is 4.74 Å². The van der Waals surface area contributed by atoms with Crippen molar-refractivity contribution in [2.45, 2.75) is 44.7 Å². The third-order valence-corrected chi connectivity index (χ3v) is 3.00. The van der Waals surface area contributed by atoms with Gasteiger partial charge in [0.05, 0.1) is 6.73 Å². The van der Waals surface area contributed by atoms with E-state index >= 15 is 0 Å². The molecule has 0 aliphatic heterocycles. The number of hydrogen-bond donors (Lipinski definition) is 3. The molecule has 0 bridgehead atoms. The fraction of sp³-hybridized carbons (Fsp3) is 1.00. The van der Waals surface area contributed by atoms with Gasteiger partial charge in [-0.25, -0.2) is 0 Å². The molecular formula is C11H25N3O. The maximum atomic E-state index is 5.99. The van der Waals surface area contributed by atoms with E-state index < -0.39 is 0 Å². The topological polar surface area (TPSA) is 73.3 Å². The molecule has 90 valence electrons. The van der Waals surface area contributed by atoms with Crippen LogP contribution in [0.5, 0.6) is 0 Å². The Bertz CT molecular complexity index is 156. The molecule has 0 aromatic rings. The lowest BCUT2D eigenvalue weighted by atomic mass is 9.84. The minimum absolute atomic E-state index is 0.325. The molecule has 1 aliphatic carbocycles. The molecule has 3 unspecified atom stereocenters. The van der Waals surface area contributed by atoms with Gasteiger partial charge in [0, 0.05) is 18.7 Å². The molecule has 1 saturated carbocycles. The van der Waals surface area contributed by atoms with Crippen molar-refractivity contribution in [1.29, 1.82) is 0 Å². The van der Waals surface area contributed by atoms with Gasteiger partial charge in [-0.1, -0.05) is 6.92 Å². The summed E-state index contributed by atoms with van der Waals surface area (Å²) in [4.78, 5) is 0. The van der Waals surface area contributed by atoms with Gasteiger partial charge in [-0.2, -0.15) is 0 Å². The smallest absolute Gasteiger partial charge is 0.0940 e. The van der Waals surface area contributed by atoms with Gasteiger partial charge in [0.2, 0.25) is 0 Å². The van der Waals surface area contributed by atoms with Crippen LogP contribution in [0.15, 0.2) is 0 Å². The molecule has 0 aromatic carbocycles. The van der Waals surface area contributed by atoms with Gasteiger partial charge in [-0.3, -0.25) is 0 Å². The molecule has 0 radical (unpaired) electrons. The molecule has 1 rings (SSSR count). The largest absolute Gasteiger partial charge is 0.366 e. The van der Waals surface area contributed by atoms with Crippen LogP contribution < -0.4 is 16.8 Å². The van der Waals surface area contributed by atoms with E-state index in [1.807, 2.05) is 0 Å². The van der Waals surface area contributed by atoms with Gasteiger partial charge >= 0.3 is 0 Å². The summed E-state index contributed by atoms with van der Waals surface area (Å²) >= 11 is 0. The van der Waals surface area contributed by atoms with E-state index in [0.717, 1.165) is 31.9 Å². The highest BCUT2D eigenvalue weighted by Crippen LogP contribution is 2.22. The van der Waals surface area contributed by atoms with Crippen LogP contribution in [0.1, 0.15) is 32.6 Å². The first kappa shape index (κ1) is 12.9. The average molecular weight is 215 g/mol. The van der Waals surface area contributed by atoms with Crippen LogP contribution in [0.3, 0.4) is 0 Å². The highest BCUT2D eigenvalue weighted by Gasteiger charge is 2.23. The zero-order valence-electron chi connectivity index (χ0n) is 9.74. The van der Waals surface area contributed by atoms with E-state index in [2.05, 4.69) is 12.2 Å². The minimum atomic E-state index is 0.325. The quantitative estimate of drug-likeness (QED) is 0.443. The lowest BCUT2D eigenvalue weighted by molar-refractivity contribution is 0.136. The van der Waals surface area contributed by atoms with Crippen LogP contribution in [-0.4, -0.2) is 32.0 Å². The molecule has 4 heteroatoms. The Morgan fingerprint density at radius 1 is 1.33 bits per heavy atom. The van der Waals surface area contributed by atoms with Crippen molar-refractivity contribution in [3.63, 3.8) is 0 Å². The van der Waals surface area contributed by atoms with E-state index in [4.69, 9.17) is 16.2 Å². The van der Waals surface area contributed by atoms with Crippen molar-refractivity contribution in [2.75, 3.05) is 19.9 Å². The van der Waals surface area contributed by atoms with Gasteiger partial charge in [0.15, 0.2) is 0 Å². The minimum Gasteiger partial charge on any atom is -0.366 e. The van der Waals surface area contributed by atoms with Gasteiger partial charge in [-0.05, 0) is 38.1 Å². The number of nitrogens with one attached hydrogen (secondary N) is 1. The molecule has 0 saturated heterocycles. The number of nitrogens with two attached hydrogens (primary N) is 2. The SMILES string of the molecule is CC1CC(N)CC(NCCCOCN)C1. The Morgan fingerprint density at radius 3 is 2.80 bits per heavy atom. The highest BCUT2D eigenvalue weighted by molar-refractivity contribution is 4.83. The number of rotatable bonds is 6. The zero-order valence-corrected chi connectivity index (χ0v) is 9.74. The Morgan fingerprint density at radius 2 is 2.13 bits per heavy atom. The summed E-state index contributed by atoms with van der Waals surface area (Å²) in [5, 5.41) is 3.54. The van der Waals surface area contributed by atoms with Crippen molar-refractivity contribution in [1.82, 2.24) is 5.32 Å². The number of hydrogen-bond acceptors (Lipinski definition) is 4. The second kappa shape index (κ2) is 7.17. The van der Waals surface area contributed by atoms with E-state index in [0.29, 0.717) is 18.8 Å². The monoisotopic (exact) mass is 215 g/mol. The second-order valence-corrected chi connectivity index (χ2v) is 4.65. The summed E-state index contributed by atoms with van der Waals surface area (Å²) in [6, 6.07) is 0.980. The molecule has 0 aromatic heterocycles. The summed E-state index contributed by atoms with van der Waals surface area (Å²) in [5.74, 6) is 0.756. The average Bonchev–Trinajstić information content (AvgIpc) is 2.16. The summed E-state index contributed by atoms with van der Waals surface area (Å²) < 4.78 is 5.08. The first-order valence-corrected chi connectivity index (χ1v) is 5.99. The second-order valence-electron chi connectivity index (χ2n) is 4.65. The normalized spacial score (nSPS) is 31.8. The fourth-order valence-corrected chi connectivity index (χ4v) is 2.39. The summed E-state index contributed by atoms with van der Waals surface area (Å²) in [5.41, 5.74) is 11.2. The van der Waals surface area contributed by atoms with E-state index in [-0.39, 0.29) is 0 Å². The summed E-state index contributed by atoms with van der Waals surface area (Å²) in [6.07, 6.45) is 4.57. The summed E-state index contributed by atoms with van der Waals surface area (Å²) in [7, 11) is 0. The lowest BCUT2D eigenvalue weighted by Gasteiger charge is -2.31. The standard InChI is InChI=1S/C11H25N3O/c1-9-5-10(13)7-11(6-9)14-3-2-4-15-8-12/h9-11,14H,2-8,12-13H2,1H3. The van der Waals surface area contributed by atoms with Crippen molar-refractivity contribution in [2.24, 2.45) is 17.4 Å². The van der Waals surface area contributed by atoms with E-state index in [1.165, 1.54) is 12.8 Å². The molecule has 0 amide bonds. The Balaban J connectivity index is 2.04. The Hall–Kier alpha value is -0.160. The van der Waals surface area contributed by atoms with Crippen LogP contribution in [0.4, 0.5) is 0 Å². The Kier molecular flexibility index (Phi) is 6.17. The predicted molar refractivity (Wildman–Crippen MR) is 62.4 cm³/mol. The predicted octanol–water partition coefficient (Wildman–Crippen LogP) is 0.415. The molecular weight excluding hydrogens is 190 g/mol. The van der Waals surface area contributed by atoms with Crippen LogP contribution >= 0.6 is 0 Å². The Labute approximate surface area is 92.7 Å². The third-order valence-electron chi connectivity index (χ3n) is 3.00. The van der Waals surface area contributed by atoms with E-state index in [9.17, 15) is 0 Å². The summed E-state index contributed by atoms with van der Waals surface area (Å²) in [6.45, 7) is 4.36. The van der Waals surface area contributed by atoms with Crippen molar-refractivity contribution >= 4 is 0 Å². The molecule has 1 aliphatic rings. The van der Waals surface area contributed by atoms with Gasteiger partial charge in [0.25, 0.3) is 0 Å². The van der Waals surface area contributed by atoms with Crippen LogP contribution in [0.2, 0.25) is 0 Å². The third kappa shape index (κ3) is 5.47. The van der Waals surface area contributed by atoms with Crippen molar-refractivity contribution in [3.8, 4) is 0 Å². The van der Waals surface area contributed by atoms with Crippen LogP contribution in [0.25, 0.3) is 0 Å². The molecule has 0 spiro atoms. The first-order valence-electron chi connectivity index (χ1n) is 5.99. The maximum Gasteiger partial charge on any atom is 0.0940 e. The van der Waals surface area contributed by atoms with Gasteiger partial charge < -0.3 is 21.5 Å². The van der Waals surface area contributed by atoms with Crippen molar-refractivity contribution in [3.05, 3.63) is 0 Å². The molecule has 1 fully saturated rings. The van der Waals surface area contributed by atoms with E-state index in [1.54, 1.807) is 0 Å². The molecule has 5 N–H and O–H groups in total. The molecule has 4 nitrogen and oxygen atoms in total. The first-order chi connectivity index (χ1) is 7.22.